The number of para-hydroxylation sites is 1. The number of piperazine rings is 1. The van der Waals surface area contributed by atoms with Crippen LogP contribution in [-0.4, -0.2) is 42.0 Å². The first-order valence-electron chi connectivity index (χ1n) is 8.64. The molecule has 5 rings (SSSR count). The summed E-state index contributed by atoms with van der Waals surface area (Å²) in [7, 11) is 2.20. The van der Waals surface area contributed by atoms with E-state index < -0.39 is 0 Å². The van der Waals surface area contributed by atoms with E-state index in [9.17, 15) is 5.21 Å². The van der Waals surface area contributed by atoms with E-state index in [-0.39, 0.29) is 0 Å². The van der Waals surface area contributed by atoms with E-state index in [1.165, 1.54) is 22.4 Å². The maximum Gasteiger partial charge on any atom is 0.0909 e. The van der Waals surface area contributed by atoms with Crippen molar-refractivity contribution in [2.75, 3.05) is 25.0 Å². The molecule has 2 aromatic carbocycles. The van der Waals surface area contributed by atoms with Crippen molar-refractivity contribution < 1.29 is 5.21 Å². The Morgan fingerprint density at radius 1 is 1.04 bits per heavy atom. The fourth-order valence-electron chi connectivity index (χ4n) is 4.83. The number of fused-ring (bicyclic) bond motifs is 2. The van der Waals surface area contributed by atoms with Crippen molar-refractivity contribution in [3.8, 4) is 0 Å². The highest BCUT2D eigenvalue weighted by molar-refractivity contribution is 6.08. The quantitative estimate of drug-likeness (QED) is 0.599. The summed E-state index contributed by atoms with van der Waals surface area (Å²) in [5, 5.41) is 13.2. The highest BCUT2D eigenvalue weighted by Gasteiger charge is 2.42. The maximum atomic E-state index is 9.57. The second-order valence-electron chi connectivity index (χ2n) is 7.24. The van der Waals surface area contributed by atoms with Crippen molar-refractivity contribution >= 4 is 11.4 Å². The molecule has 1 N–H and O–H groups in total. The summed E-state index contributed by atoms with van der Waals surface area (Å²) in [6, 6.07) is 16.0. The lowest BCUT2D eigenvalue weighted by atomic mass is 9.88. The van der Waals surface area contributed by atoms with Gasteiger partial charge in [0.2, 0.25) is 0 Å². The number of nitrogens with zero attached hydrogens (tertiary/aromatic N) is 3. The summed E-state index contributed by atoms with van der Waals surface area (Å²) < 4.78 is 0. The lowest BCUT2D eigenvalue weighted by molar-refractivity contribution is 0.225. The van der Waals surface area contributed by atoms with E-state index in [1.54, 1.807) is 0 Å². The Morgan fingerprint density at radius 3 is 2.75 bits per heavy atom. The SMILES string of the molecule is CN1CC2C/C(=N\O)c3cccc4c3N2C(C1)c1ccccc1C4. The molecule has 0 saturated carbocycles. The molecule has 4 nitrogen and oxygen atoms in total. The van der Waals surface area contributed by atoms with Crippen molar-refractivity contribution in [3.05, 3.63) is 64.7 Å². The van der Waals surface area contributed by atoms with Crippen LogP contribution < -0.4 is 4.90 Å². The highest BCUT2D eigenvalue weighted by Crippen LogP contribution is 2.46. The smallest absolute Gasteiger partial charge is 0.0909 e. The molecular weight excluding hydrogens is 298 g/mol. The van der Waals surface area contributed by atoms with E-state index in [0.29, 0.717) is 12.1 Å². The minimum absolute atomic E-state index is 0.361. The van der Waals surface area contributed by atoms with Gasteiger partial charge in [-0.15, -0.1) is 0 Å². The van der Waals surface area contributed by atoms with Crippen LogP contribution >= 0.6 is 0 Å². The standard InChI is InChI=1S/C20H21N3O/c1-22-11-15-10-18(21-24)17-8-4-6-14-9-13-5-2-3-7-16(13)19(12-22)23(15)20(14)17/h2-8,15,19,24H,9-12H2,1H3/b21-18+. The second-order valence-corrected chi connectivity index (χ2v) is 7.24. The van der Waals surface area contributed by atoms with Gasteiger partial charge < -0.3 is 15.0 Å². The average Bonchev–Trinajstić information content (AvgIpc) is 2.74. The summed E-state index contributed by atoms with van der Waals surface area (Å²) in [5.41, 5.74) is 7.43. The largest absolute Gasteiger partial charge is 0.411 e. The molecule has 2 aromatic rings. The molecule has 0 aromatic heterocycles. The molecular formula is C20H21N3O. The van der Waals surface area contributed by atoms with E-state index in [2.05, 4.69) is 64.5 Å². The van der Waals surface area contributed by atoms with Crippen molar-refractivity contribution in [1.82, 2.24) is 4.90 Å². The second kappa shape index (κ2) is 5.08. The molecule has 3 aliphatic rings. The van der Waals surface area contributed by atoms with Gasteiger partial charge in [-0.1, -0.05) is 47.6 Å². The fraction of sp³-hybridized carbons (Fsp3) is 0.350. The molecule has 1 saturated heterocycles. The lowest BCUT2D eigenvalue weighted by Crippen LogP contribution is -2.56. The molecule has 3 aliphatic heterocycles. The Labute approximate surface area is 142 Å². The third-order valence-corrected chi connectivity index (χ3v) is 5.77. The minimum atomic E-state index is 0.361. The van der Waals surface area contributed by atoms with Crippen LogP contribution in [0.4, 0.5) is 5.69 Å². The molecule has 122 valence electrons. The van der Waals surface area contributed by atoms with Crippen molar-refractivity contribution in [2.45, 2.75) is 24.9 Å². The highest BCUT2D eigenvalue weighted by atomic mass is 16.4. The molecule has 1 fully saturated rings. The van der Waals surface area contributed by atoms with Gasteiger partial charge in [-0.3, -0.25) is 0 Å². The molecule has 2 atom stereocenters. The van der Waals surface area contributed by atoms with Gasteiger partial charge in [0.05, 0.1) is 17.4 Å². The zero-order chi connectivity index (χ0) is 16.3. The average molecular weight is 319 g/mol. The third kappa shape index (κ3) is 1.86. The Hall–Kier alpha value is -2.33. The molecule has 0 radical (unpaired) electrons. The first-order chi connectivity index (χ1) is 11.8. The molecule has 0 spiro atoms. The number of hydrogen-bond donors (Lipinski definition) is 1. The Kier molecular flexibility index (Phi) is 2.98. The summed E-state index contributed by atoms with van der Waals surface area (Å²) in [6.07, 6.45) is 1.75. The minimum Gasteiger partial charge on any atom is -0.411 e. The molecule has 0 bridgehead atoms. The van der Waals surface area contributed by atoms with Crippen LogP contribution in [0.3, 0.4) is 0 Å². The number of anilines is 1. The number of rotatable bonds is 0. The molecule has 0 amide bonds. The van der Waals surface area contributed by atoms with Crippen LogP contribution in [0.25, 0.3) is 0 Å². The molecule has 4 heteroatoms. The van der Waals surface area contributed by atoms with Gasteiger partial charge in [0.15, 0.2) is 0 Å². The van der Waals surface area contributed by atoms with E-state index in [0.717, 1.165) is 37.2 Å². The molecule has 3 heterocycles. The van der Waals surface area contributed by atoms with Crippen molar-refractivity contribution in [3.63, 3.8) is 0 Å². The van der Waals surface area contributed by atoms with Crippen LogP contribution in [-0.2, 0) is 6.42 Å². The molecule has 24 heavy (non-hydrogen) atoms. The Bertz CT molecular complexity index is 845. The van der Waals surface area contributed by atoms with Crippen LogP contribution in [0.1, 0.15) is 34.7 Å². The predicted molar refractivity (Wildman–Crippen MR) is 95.1 cm³/mol. The van der Waals surface area contributed by atoms with Crippen LogP contribution in [0.5, 0.6) is 0 Å². The Morgan fingerprint density at radius 2 is 1.88 bits per heavy atom. The van der Waals surface area contributed by atoms with Crippen LogP contribution in [0, 0.1) is 0 Å². The van der Waals surface area contributed by atoms with Gasteiger partial charge in [0.1, 0.15) is 0 Å². The van der Waals surface area contributed by atoms with Gasteiger partial charge in [0.25, 0.3) is 0 Å². The van der Waals surface area contributed by atoms with Gasteiger partial charge in [-0.25, -0.2) is 0 Å². The zero-order valence-electron chi connectivity index (χ0n) is 13.8. The van der Waals surface area contributed by atoms with Crippen molar-refractivity contribution in [2.24, 2.45) is 5.16 Å². The number of hydrogen-bond acceptors (Lipinski definition) is 4. The summed E-state index contributed by atoms with van der Waals surface area (Å²) in [5.74, 6) is 0. The molecule has 2 unspecified atom stereocenters. The van der Waals surface area contributed by atoms with Crippen LogP contribution in [0.2, 0.25) is 0 Å². The third-order valence-electron chi connectivity index (χ3n) is 5.77. The monoisotopic (exact) mass is 319 g/mol. The number of oxime groups is 1. The van der Waals surface area contributed by atoms with Gasteiger partial charge >= 0.3 is 0 Å². The lowest BCUT2D eigenvalue weighted by Gasteiger charge is -2.50. The summed E-state index contributed by atoms with van der Waals surface area (Å²) in [6.45, 7) is 2.04. The van der Waals surface area contributed by atoms with Gasteiger partial charge in [-0.2, -0.15) is 0 Å². The van der Waals surface area contributed by atoms with E-state index in [1.807, 2.05) is 0 Å². The number of likely N-dealkylation sites (N-methyl/N-ethyl adjacent to an activating group) is 1. The van der Waals surface area contributed by atoms with E-state index in [4.69, 9.17) is 0 Å². The first-order valence-corrected chi connectivity index (χ1v) is 8.64. The zero-order valence-corrected chi connectivity index (χ0v) is 13.8. The van der Waals surface area contributed by atoms with Crippen molar-refractivity contribution in [1.29, 1.82) is 0 Å². The number of benzene rings is 2. The van der Waals surface area contributed by atoms with E-state index >= 15 is 0 Å². The molecule has 0 aliphatic carbocycles. The fourth-order valence-corrected chi connectivity index (χ4v) is 4.83. The van der Waals surface area contributed by atoms with Gasteiger partial charge in [-0.05, 0) is 30.2 Å². The Balaban J connectivity index is 1.81. The normalized spacial score (nSPS) is 26.7. The summed E-state index contributed by atoms with van der Waals surface area (Å²) in [4.78, 5) is 5.03. The topological polar surface area (TPSA) is 39.1 Å². The maximum absolute atomic E-state index is 9.57. The summed E-state index contributed by atoms with van der Waals surface area (Å²) >= 11 is 0. The first kappa shape index (κ1) is 14.1. The van der Waals surface area contributed by atoms with Crippen LogP contribution in [0.15, 0.2) is 47.6 Å². The van der Waals surface area contributed by atoms with Gasteiger partial charge in [0, 0.05) is 31.1 Å². The predicted octanol–water partition coefficient (Wildman–Crippen LogP) is 3.03.